The molecule has 3 aromatic rings. The molecule has 6 nitrogen and oxygen atoms in total. The molecule has 0 aliphatic heterocycles. The molecule has 0 bridgehead atoms. The molecule has 1 heterocycles. The number of esters is 1. The fourth-order valence-electron chi connectivity index (χ4n) is 2.32. The minimum Gasteiger partial charge on any atom is -0.465 e. The number of carbonyl (C=O) groups excluding carboxylic acids is 2. The van der Waals surface area contributed by atoms with Gasteiger partial charge in [-0.3, -0.25) is 9.36 Å². The summed E-state index contributed by atoms with van der Waals surface area (Å²) in [6.07, 6.45) is 0. The summed E-state index contributed by atoms with van der Waals surface area (Å²) < 4.78 is 11.0. The van der Waals surface area contributed by atoms with Crippen molar-refractivity contribution in [2.24, 2.45) is 0 Å². The van der Waals surface area contributed by atoms with E-state index in [9.17, 15) is 14.4 Å². The van der Waals surface area contributed by atoms with E-state index in [1.807, 2.05) is 6.07 Å². The van der Waals surface area contributed by atoms with E-state index >= 15 is 0 Å². The van der Waals surface area contributed by atoms with Crippen LogP contribution in [0.25, 0.3) is 11.1 Å². The average molecular weight is 311 g/mol. The first-order valence-corrected chi connectivity index (χ1v) is 6.90. The van der Waals surface area contributed by atoms with Crippen LogP contribution in [0.15, 0.2) is 57.7 Å². The van der Waals surface area contributed by atoms with Crippen LogP contribution in [0, 0.1) is 0 Å². The molecular weight excluding hydrogens is 298 g/mol. The number of ketones is 1. The minimum absolute atomic E-state index is 0.132. The van der Waals surface area contributed by atoms with Crippen LogP contribution in [0.1, 0.15) is 20.7 Å². The number of Topliss-reactive ketones (excluding diaryl/α,β-unsaturated/α-hetero) is 1. The Hall–Kier alpha value is -3.15. The molecule has 0 fully saturated rings. The average Bonchev–Trinajstić information content (AvgIpc) is 2.89. The number of hydrogen-bond acceptors (Lipinski definition) is 5. The predicted molar refractivity (Wildman–Crippen MR) is 82.6 cm³/mol. The number of benzene rings is 2. The van der Waals surface area contributed by atoms with Gasteiger partial charge >= 0.3 is 11.7 Å². The summed E-state index contributed by atoms with van der Waals surface area (Å²) in [6.45, 7) is -0.132. The SMILES string of the molecule is COC(=O)c1ccc2c(c1)oc(=O)n2CC(=O)c1ccccc1. The lowest BCUT2D eigenvalue weighted by atomic mass is 10.1. The van der Waals surface area contributed by atoms with Crippen LogP contribution in [0.5, 0.6) is 0 Å². The second-order valence-corrected chi connectivity index (χ2v) is 4.92. The van der Waals surface area contributed by atoms with Crippen molar-refractivity contribution in [1.82, 2.24) is 4.57 Å². The number of carbonyl (C=O) groups is 2. The Morgan fingerprint density at radius 1 is 1.09 bits per heavy atom. The Labute approximate surface area is 130 Å². The molecule has 0 saturated carbocycles. The maximum atomic E-state index is 12.3. The molecule has 1 aromatic heterocycles. The molecule has 0 spiro atoms. The van der Waals surface area contributed by atoms with E-state index in [1.54, 1.807) is 30.3 Å². The van der Waals surface area contributed by atoms with Gasteiger partial charge in [0.2, 0.25) is 0 Å². The summed E-state index contributed by atoms with van der Waals surface area (Å²) in [7, 11) is 1.27. The van der Waals surface area contributed by atoms with E-state index < -0.39 is 11.7 Å². The molecule has 0 radical (unpaired) electrons. The Balaban J connectivity index is 1.98. The van der Waals surface area contributed by atoms with Gasteiger partial charge < -0.3 is 9.15 Å². The first-order chi connectivity index (χ1) is 11.1. The van der Waals surface area contributed by atoms with Crippen LogP contribution in [-0.4, -0.2) is 23.4 Å². The second-order valence-electron chi connectivity index (χ2n) is 4.92. The van der Waals surface area contributed by atoms with Gasteiger partial charge in [0.05, 0.1) is 24.7 Å². The van der Waals surface area contributed by atoms with Crippen molar-refractivity contribution in [2.75, 3.05) is 7.11 Å². The van der Waals surface area contributed by atoms with Gasteiger partial charge in [0, 0.05) is 5.56 Å². The topological polar surface area (TPSA) is 78.5 Å². The molecule has 6 heteroatoms. The van der Waals surface area contributed by atoms with Crippen molar-refractivity contribution in [3.63, 3.8) is 0 Å². The third-order valence-corrected chi connectivity index (χ3v) is 3.49. The predicted octanol–water partition coefficient (Wildman–Crippen LogP) is 2.26. The Bertz CT molecular complexity index is 937. The highest BCUT2D eigenvalue weighted by atomic mass is 16.5. The Kier molecular flexibility index (Phi) is 3.80. The van der Waals surface area contributed by atoms with Crippen molar-refractivity contribution >= 4 is 22.9 Å². The molecule has 116 valence electrons. The van der Waals surface area contributed by atoms with E-state index in [0.29, 0.717) is 11.1 Å². The summed E-state index contributed by atoms with van der Waals surface area (Å²) in [5, 5.41) is 0. The molecule has 0 aliphatic carbocycles. The molecule has 0 aliphatic rings. The summed E-state index contributed by atoms with van der Waals surface area (Å²) >= 11 is 0. The molecule has 0 atom stereocenters. The number of aromatic nitrogens is 1. The van der Waals surface area contributed by atoms with E-state index in [1.165, 1.54) is 23.8 Å². The largest absolute Gasteiger partial charge is 0.465 e. The number of rotatable bonds is 4. The van der Waals surface area contributed by atoms with Gasteiger partial charge in [-0.05, 0) is 18.2 Å². The molecule has 3 rings (SSSR count). The highest BCUT2D eigenvalue weighted by Gasteiger charge is 2.16. The van der Waals surface area contributed by atoms with Gasteiger partial charge in [-0.25, -0.2) is 9.59 Å². The Morgan fingerprint density at radius 2 is 1.83 bits per heavy atom. The third-order valence-electron chi connectivity index (χ3n) is 3.49. The van der Waals surface area contributed by atoms with E-state index in [-0.39, 0.29) is 23.5 Å². The summed E-state index contributed by atoms with van der Waals surface area (Å²) in [5.41, 5.74) is 1.47. The van der Waals surface area contributed by atoms with E-state index in [2.05, 4.69) is 4.74 Å². The maximum Gasteiger partial charge on any atom is 0.420 e. The summed E-state index contributed by atoms with van der Waals surface area (Å²) in [5.74, 6) is -1.37. The molecule has 0 amide bonds. The third kappa shape index (κ3) is 2.78. The highest BCUT2D eigenvalue weighted by molar-refractivity contribution is 5.97. The Morgan fingerprint density at radius 3 is 2.52 bits per heavy atom. The molecule has 0 N–H and O–H groups in total. The fourth-order valence-corrected chi connectivity index (χ4v) is 2.32. The lowest BCUT2D eigenvalue weighted by Crippen LogP contribution is -2.20. The van der Waals surface area contributed by atoms with Gasteiger partial charge in [0.25, 0.3) is 0 Å². The molecule has 0 saturated heterocycles. The van der Waals surface area contributed by atoms with Crippen molar-refractivity contribution in [3.8, 4) is 0 Å². The zero-order valence-corrected chi connectivity index (χ0v) is 12.3. The van der Waals surface area contributed by atoms with Gasteiger partial charge in [-0.1, -0.05) is 30.3 Å². The van der Waals surface area contributed by atoms with Crippen LogP contribution in [0.4, 0.5) is 0 Å². The number of hydrogen-bond donors (Lipinski definition) is 0. The van der Waals surface area contributed by atoms with Crippen LogP contribution in [0.2, 0.25) is 0 Å². The van der Waals surface area contributed by atoms with Crippen LogP contribution in [0.3, 0.4) is 0 Å². The number of fused-ring (bicyclic) bond motifs is 1. The lowest BCUT2D eigenvalue weighted by Gasteiger charge is -2.03. The standard InChI is InChI=1S/C17H13NO5/c1-22-16(20)12-7-8-13-15(9-12)23-17(21)18(13)10-14(19)11-5-3-2-4-6-11/h2-9H,10H2,1H3. The minimum atomic E-state index is -0.647. The monoisotopic (exact) mass is 311 g/mol. The number of methoxy groups -OCH3 is 1. The van der Waals surface area contributed by atoms with Crippen LogP contribution < -0.4 is 5.76 Å². The van der Waals surface area contributed by atoms with Crippen molar-refractivity contribution in [2.45, 2.75) is 6.54 Å². The number of oxazole rings is 1. The number of nitrogens with zero attached hydrogens (tertiary/aromatic N) is 1. The fraction of sp³-hybridized carbons (Fsp3) is 0.118. The highest BCUT2D eigenvalue weighted by Crippen LogP contribution is 2.16. The molecule has 2 aromatic carbocycles. The zero-order chi connectivity index (χ0) is 16.4. The first-order valence-electron chi connectivity index (χ1n) is 6.90. The van der Waals surface area contributed by atoms with E-state index in [0.717, 1.165) is 0 Å². The van der Waals surface area contributed by atoms with Gasteiger partial charge in [-0.2, -0.15) is 0 Å². The van der Waals surface area contributed by atoms with Gasteiger partial charge in [0.1, 0.15) is 0 Å². The quantitative estimate of drug-likeness (QED) is 0.545. The van der Waals surface area contributed by atoms with Crippen molar-refractivity contribution < 1.29 is 18.7 Å². The normalized spacial score (nSPS) is 10.7. The molecule has 0 unspecified atom stereocenters. The van der Waals surface area contributed by atoms with E-state index in [4.69, 9.17) is 4.42 Å². The van der Waals surface area contributed by atoms with Crippen molar-refractivity contribution in [3.05, 3.63) is 70.2 Å². The first kappa shape index (κ1) is 14.8. The lowest BCUT2D eigenvalue weighted by molar-refractivity contribution is 0.0600. The zero-order valence-electron chi connectivity index (χ0n) is 12.3. The second kappa shape index (κ2) is 5.92. The van der Waals surface area contributed by atoms with Crippen LogP contribution in [-0.2, 0) is 11.3 Å². The smallest absolute Gasteiger partial charge is 0.420 e. The maximum absolute atomic E-state index is 12.3. The molecular formula is C17H13NO5. The van der Waals surface area contributed by atoms with Gasteiger partial charge in [0.15, 0.2) is 11.4 Å². The number of ether oxygens (including phenoxy) is 1. The van der Waals surface area contributed by atoms with Crippen molar-refractivity contribution in [1.29, 1.82) is 0 Å². The molecule has 23 heavy (non-hydrogen) atoms. The van der Waals surface area contributed by atoms with Gasteiger partial charge in [-0.15, -0.1) is 0 Å². The summed E-state index contributed by atoms with van der Waals surface area (Å²) in [4.78, 5) is 35.7. The summed E-state index contributed by atoms with van der Waals surface area (Å²) in [6, 6.07) is 13.2. The van der Waals surface area contributed by atoms with Crippen LogP contribution >= 0.6 is 0 Å².